The van der Waals surface area contributed by atoms with Crippen molar-refractivity contribution < 1.29 is 9.72 Å². The Bertz CT molecular complexity index is 728. The summed E-state index contributed by atoms with van der Waals surface area (Å²) in [6, 6.07) is 8.43. The largest absolute Gasteiger partial charge is 0.381 e. The lowest BCUT2D eigenvalue weighted by Crippen LogP contribution is -2.26. The Hall–Kier alpha value is -2.35. The number of aryl methyl sites for hydroxylation is 3. The van der Waals surface area contributed by atoms with Crippen LogP contribution in [0.15, 0.2) is 30.5 Å². The number of hydrogen-bond donors (Lipinski definition) is 1. The van der Waals surface area contributed by atoms with Gasteiger partial charge in [0.1, 0.15) is 6.20 Å². The number of rotatable bonds is 9. The molecule has 7 nitrogen and oxygen atoms in total. The maximum absolute atomic E-state index is 11.9. The number of nitrogens with one attached hydrogen (secondary N) is 1. The molecule has 25 heavy (non-hydrogen) atoms. The molecule has 134 valence electrons. The van der Waals surface area contributed by atoms with Gasteiger partial charge in [0, 0.05) is 37.9 Å². The molecule has 2 rings (SSSR count). The van der Waals surface area contributed by atoms with Crippen molar-refractivity contribution in [1.29, 1.82) is 0 Å². The van der Waals surface area contributed by atoms with E-state index >= 15 is 0 Å². The summed E-state index contributed by atoms with van der Waals surface area (Å²) in [5.41, 5.74) is 2.53. The quantitative estimate of drug-likeness (QED) is 0.421. The number of carbonyl (C=O) groups is 1. The molecule has 0 aliphatic heterocycles. The highest BCUT2D eigenvalue weighted by atomic mass is 32.2. The Morgan fingerprint density at radius 1 is 1.32 bits per heavy atom. The topological polar surface area (TPSA) is 90.1 Å². The highest BCUT2D eigenvalue weighted by Gasteiger charge is 2.15. The van der Waals surface area contributed by atoms with Crippen LogP contribution >= 0.6 is 11.8 Å². The summed E-state index contributed by atoms with van der Waals surface area (Å²) < 4.78 is 1.63. The number of imidazole rings is 1. The van der Waals surface area contributed by atoms with Gasteiger partial charge in [0.15, 0.2) is 0 Å². The monoisotopic (exact) mass is 362 g/mol. The summed E-state index contributed by atoms with van der Waals surface area (Å²) in [6.45, 7) is 4.75. The summed E-state index contributed by atoms with van der Waals surface area (Å²) in [4.78, 5) is 25.8. The number of carbonyl (C=O) groups excluding carboxylic acids is 1. The zero-order valence-electron chi connectivity index (χ0n) is 14.4. The second-order valence-corrected chi connectivity index (χ2v) is 6.84. The molecule has 1 aromatic heterocycles. The third-order valence-electron chi connectivity index (χ3n) is 3.69. The number of amides is 1. The molecule has 0 fully saturated rings. The molecule has 8 heteroatoms. The van der Waals surface area contributed by atoms with Crippen LogP contribution < -0.4 is 5.32 Å². The molecule has 0 aliphatic rings. The Balaban J connectivity index is 1.62. The van der Waals surface area contributed by atoms with E-state index in [-0.39, 0.29) is 18.1 Å². The lowest BCUT2D eigenvalue weighted by atomic mass is 10.2. The minimum absolute atomic E-state index is 0.0633. The number of benzene rings is 1. The van der Waals surface area contributed by atoms with Crippen LogP contribution in [-0.4, -0.2) is 32.7 Å². The van der Waals surface area contributed by atoms with Gasteiger partial charge in [0.05, 0.1) is 0 Å². The number of nitrogens with zero attached hydrogens (tertiary/aromatic N) is 3. The minimum atomic E-state index is -0.533. The first-order valence-corrected chi connectivity index (χ1v) is 9.19. The van der Waals surface area contributed by atoms with Crippen molar-refractivity contribution in [3.63, 3.8) is 0 Å². The molecule has 1 N–H and O–H groups in total. The fourth-order valence-corrected chi connectivity index (χ4v) is 3.07. The first-order chi connectivity index (χ1) is 12.0. The molecule has 0 spiro atoms. The average Bonchev–Trinajstić information content (AvgIpc) is 2.95. The second-order valence-electron chi connectivity index (χ2n) is 5.73. The summed E-state index contributed by atoms with van der Waals surface area (Å²) in [5.74, 6) is 2.05. The Kier molecular flexibility index (Phi) is 7.00. The van der Waals surface area contributed by atoms with Gasteiger partial charge < -0.3 is 20.0 Å². The Labute approximate surface area is 151 Å². The van der Waals surface area contributed by atoms with E-state index in [1.807, 2.05) is 0 Å². The molecule has 0 saturated carbocycles. The van der Waals surface area contributed by atoms with E-state index in [2.05, 4.69) is 41.5 Å². The molecule has 2 aromatic rings. The Morgan fingerprint density at radius 2 is 2.04 bits per heavy atom. The standard InChI is InChI=1S/C17H22N4O3S/c1-13-3-5-15(6-4-13)12-25-10-8-18-17(22)7-9-20-11-16(21(23)24)19-14(20)2/h3-6,11H,7-10,12H2,1-2H3,(H,18,22). The van der Waals surface area contributed by atoms with E-state index in [4.69, 9.17) is 0 Å². The number of nitro groups is 1. The SMILES string of the molecule is Cc1ccc(CSCCNC(=O)CCn2cc([N+](=O)[O-])nc2C)cc1. The predicted molar refractivity (Wildman–Crippen MR) is 98.6 cm³/mol. The normalized spacial score (nSPS) is 10.6. The first kappa shape index (κ1) is 19.0. The second kappa shape index (κ2) is 9.22. The van der Waals surface area contributed by atoms with Gasteiger partial charge in [-0.1, -0.05) is 29.8 Å². The zero-order chi connectivity index (χ0) is 18.2. The van der Waals surface area contributed by atoms with Crippen LogP contribution in [0.5, 0.6) is 0 Å². The van der Waals surface area contributed by atoms with E-state index in [0.717, 1.165) is 11.5 Å². The van der Waals surface area contributed by atoms with Crippen LogP contribution in [0.4, 0.5) is 5.82 Å². The van der Waals surface area contributed by atoms with Gasteiger partial charge in [-0.15, -0.1) is 0 Å². The van der Waals surface area contributed by atoms with Gasteiger partial charge in [-0.2, -0.15) is 11.8 Å². The number of thioether (sulfide) groups is 1. The summed E-state index contributed by atoms with van der Waals surface area (Å²) >= 11 is 1.77. The third kappa shape index (κ3) is 6.22. The van der Waals surface area contributed by atoms with Crippen LogP contribution in [0.2, 0.25) is 0 Å². The van der Waals surface area contributed by atoms with Gasteiger partial charge in [-0.3, -0.25) is 4.79 Å². The van der Waals surface area contributed by atoms with Crippen LogP contribution in [-0.2, 0) is 17.1 Å². The maximum atomic E-state index is 11.9. The van der Waals surface area contributed by atoms with E-state index in [9.17, 15) is 14.9 Å². The van der Waals surface area contributed by atoms with Gasteiger partial charge in [0.2, 0.25) is 11.7 Å². The molecule has 1 heterocycles. The van der Waals surface area contributed by atoms with Crippen molar-refractivity contribution in [3.8, 4) is 0 Å². The van der Waals surface area contributed by atoms with Crippen LogP contribution in [0.1, 0.15) is 23.4 Å². The molecule has 0 radical (unpaired) electrons. The molecular weight excluding hydrogens is 340 g/mol. The first-order valence-electron chi connectivity index (χ1n) is 8.04. The maximum Gasteiger partial charge on any atom is 0.381 e. The average molecular weight is 362 g/mol. The predicted octanol–water partition coefficient (Wildman–Crippen LogP) is 2.85. The van der Waals surface area contributed by atoms with E-state index in [1.54, 1.807) is 23.3 Å². The molecule has 0 atom stereocenters. The number of hydrogen-bond acceptors (Lipinski definition) is 5. The van der Waals surface area contributed by atoms with Crippen molar-refractivity contribution in [2.24, 2.45) is 0 Å². The van der Waals surface area contributed by atoms with Crippen molar-refractivity contribution in [2.45, 2.75) is 32.6 Å². The van der Waals surface area contributed by atoms with E-state index < -0.39 is 4.92 Å². The molecule has 1 amide bonds. The molecular formula is C17H22N4O3S. The van der Waals surface area contributed by atoms with Crippen molar-refractivity contribution in [1.82, 2.24) is 14.9 Å². The van der Waals surface area contributed by atoms with Gasteiger partial charge in [-0.25, -0.2) is 0 Å². The van der Waals surface area contributed by atoms with Crippen molar-refractivity contribution in [2.75, 3.05) is 12.3 Å². The summed E-state index contributed by atoms with van der Waals surface area (Å²) in [5, 5.41) is 13.5. The third-order valence-corrected chi connectivity index (χ3v) is 4.72. The number of aromatic nitrogens is 2. The van der Waals surface area contributed by atoms with Crippen LogP contribution in [0, 0.1) is 24.0 Å². The summed E-state index contributed by atoms with van der Waals surface area (Å²) in [6.07, 6.45) is 1.64. The lowest BCUT2D eigenvalue weighted by molar-refractivity contribution is -0.389. The fraction of sp³-hybridized carbons (Fsp3) is 0.412. The zero-order valence-corrected chi connectivity index (χ0v) is 15.2. The molecule has 0 saturated heterocycles. The lowest BCUT2D eigenvalue weighted by Gasteiger charge is -2.06. The van der Waals surface area contributed by atoms with Crippen LogP contribution in [0.25, 0.3) is 0 Å². The van der Waals surface area contributed by atoms with Crippen LogP contribution in [0.3, 0.4) is 0 Å². The van der Waals surface area contributed by atoms with Gasteiger partial charge in [-0.05, 0) is 22.4 Å². The van der Waals surface area contributed by atoms with E-state index in [1.165, 1.54) is 17.3 Å². The van der Waals surface area contributed by atoms with Crippen molar-refractivity contribution in [3.05, 3.63) is 57.5 Å². The molecule has 0 aliphatic carbocycles. The van der Waals surface area contributed by atoms with Crippen molar-refractivity contribution >= 4 is 23.5 Å². The summed E-state index contributed by atoms with van der Waals surface area (Å²) in [7, 11) is 0. The van der Waals surface area contributed by atoms with Gasteiger partial charge in [0.25, 0.3) is 0 Å². The molecule has 0 unspecified atom stereocenters. The smallest absolute Gasteiger partial charge is 0.358 e. The Morgan fingerprint density at radius 3 is 2.68 bits per heavy atom. The molecule has 1 aromatic carbocycles. The van der Waals surface area contributed by atoms with Gasteiger partial charge >= 0.3 is 5.82 Å². The minimum Gasteiger partial charge on any atom is -0.358 e. The highest BCUT2D eigenvalue weighted by molar-refractivity contribution is 7.98. The highest BCUT2D eigenvalue weighted by Crippen LogP contribution is 2.12. The van der Waals surface area contributed by atoms with E-state index in [0.29, 0.717) is 18.9 Å². The molecule has 0 bridgehead atoms. The fourth-order valence-electron chi connectivity index (χ4n) is 2.25.